The highest BCUT2D eigenvalue weighted by molar-refractivity contribution is 5.89. The molecule has 1 saturated heterocycles. The summed E-state index contributed by atoms with van der Waals surface area (Å²) in [6, 6.07) is 5.89. The number of anilines is 1. The van der Waals surface area contributed by atoms with Crippen LogP contribution in [0.25, 0.3) is 0 Å². The molecule has 0 unspecified atom stereocenters. The second kappa shape index (κ2) is 8.18. The Morgan fingerprint density at radius 3 is 2.67 bits per heavy atom. The van der Waals surface area contributed by atoms with E-state index in [1.807, 2.05) is 43.9 Å². The SMILES string of the molecule is Cc1ccc(NC(=O)N2CCC[C@H](CNC(=O)C(C)C)C2)cc1C. The number of carbonyl (C=O) groups excluding carboxylic acids is 2. The van der Waals surface area contributed by atoms with Crippen LogP contribution in [0.15, 0.2) is 18.2 Å². The maximum atomic E-state index is 12.5. The lowest BCUT2D eigenvalue weighted by Crippen LogP contribution is -2.45. The van der Waals surface area contributed by atoms with Crippen molar-refractivity contribution < 1.29 is 9.59 Å². The average Bonchev–Trinajstić information content (AvgIpc) is 2.56. The highest BCUT2D eigenvalue weighted by atomic mass is 16.2. The van der Waals surface area contributed by atoms with Gasteiger partial charge in [-0.15, -0.1) is 0 Å². The third-order valence-electron chi connectivity index (χ3n) is 4.65. The lowest BCUT2D eigenvalue weighted by Gasteiger charge is -2.33. The van der Waals surface area contributed by atoms with Gasteiger partial charge in [-0.25, -0.2) is 4.79 Å². The first-order valence-corrected chi connectivity index (χ1v) is 8.77. The number of amides is 3. The van der Waals surface area contributed by atoms with Crippen LogP contribution in [0, 0.1) is 25.7 Å². The van der Waals surface area contributed by atoms with Gasteiger partial charge >= 0.3 is 6.03 Å². The molecular weight excluding hydrogens is 302 g/mol. The molecule has 5 nitrogen and oxygen atoms in total. The summed E-state index contributed by atoms with van der Waals surface area (Å²) >= 11 is 0. The molecule has 0 aromatic heterocycles. The molecule has 1 aliphatic heterocycles. The van der Waals surface area contributed by atoms with Crippen molar-refractivity contribution in [1.82, 2.24) is 10.2 Å². The molecule has 5 heteroatoms. The highest BCUT2D eigenvalue weighted by Crippen LogP contribution is 2.19. The summed E-state index contributed by atoms with van der Waals surface area (Å²) in [7, 11) is 0. The van der Waals surface area contributed by atoms with Crippen molar-refractivity contribution in [3.05, 3.63) is 29.3 Å². The molecule has 1 heterocycles. The number of urea groups is 1. The molecule has 1 atom stereocenters. The normalized spacial score (nSPS) is 17.7. The van der Waals surface area contributed by atoms with Crippen molar-refractivity contribution in [3.63, 3.8) is 0 Å². The minimum atomic E-state index is -0.0573. The van der Waals surface area contributed by atoms with Gasteiger partial charge in [-0.05, 0) is 55.9 Å². The third kappa shape index (κ3) is 4.98. The number of likely N-dealkylation sites (tertiary alicyclic amines) is 1. The van der Waals surface area contributed by atoms with E-state index in [1.54, 1.807) is 0 Å². The number of hydrogen-bond acceptors (Lipinski definition) is 2. The number of rotatable bonds is 4. The molecule has 132 valence electrons. The van der Waals surface area contributed by atoms with Crippen LogP contribution in [0.4, 0.5) is 10.5 Å². The zero-order valence-corrected chi connectivity index (χ0v) is 15.2. The maximum absolute atomic E-state index is 12.5. The Bertz CT molecular complexity index is 598. The highest BCUT2D eigenvalue weighted by Gasteiger charge is 2.24. The van der Waals surface area contributed by atoms with Crippen LogP contribution in [0.1, 0.15) is 37.8 Å². The van der Waals surface area contributed by atoms with Crippen molar-refractivity contribution in [2.45, 2.75) is 40.5 Å². The third-order valence-corrected chi connectivity index (χ3v) is 4.65. The van der Waals surface area contributed by atoms with Crippen LogP contribution in [-0.4, -0.2) is 36.5 Å². The van der Waals surface area contributed by atoms with E-state index in [0.717, 1.165) is 25.1 Å². The van der Waals surface area contributed by atoms with Gasteiger partial charge in [0.1, 0.15) is 0 Å². The van der Waals surface area contributed by atoms with Gasteiger partial charge in [-0.2, -0.15) is 0 Å². The molecule has 0 saturated carbocycles. The van der Waals surface area contributed by atoms with Crippen LogP contribution in [0.3, 0.4) is 0 Å². The summed E-state index contributed by atoms with van der Waals surface area (Å²) < 4.78 is 0. The Balaban J connectivity index is 1.87. The fourth-order valence-electron chi connectivity index (χ4n) is 2.89. The second-order valence-electron chi connectivity index (χ2n) is 7.08. The monoisotopic (exact) mass is 331 g/mol. The molecule has 24 heavy (non-hydrogen) atoms. The van der Waals surface area contributed by atoms with Gasteiger partial charge < -0.3 is 15.5 Å². The van der Waals surface area contributed by atoms with Crippen LogP contribution >= 0.6 is 0 Å². The van der Waals surface area contributed by atoms with Gasteiger partial charge in [0.05, 0.1) is 0 Å². The number of benzene rings is 1. The molecule has 1 aromatic rings. The van der Waals surface area contributed by atoms with Gasteiger partial charge in [-0.3, -0.25) is 4.79 Å². The van der Waals surface area contributed by atoms with Gasteiger partial charge in [0.15, 0.2) is 0 Å². The first-order chi connectivity index (χ1) is 11.4. The van der Waals surface area contributed by atoms with E-state index in [1.165, 1.54) is 11.1 Å². The summed E-state index contributed by atoms with van der Waals surface area (Å²) in [6.07, 6.45) is 2.02. The summed E-state index contributed by atoms with van der Waals surface area (Å²) in [4.78, 5) is 26.0. The van der Waals surface area contributed by atoms with Crippen LogP contribution in [0.5, 0.6) is 0 Å². The molecule has 3 amide bonds. The topological polar surface area (TPSA) is 61.4 Å². The summed E-state index contributed by atoms with van der Waals surface area (Å²) in [5, 5.41) is 5.96. The second-order valence-corrected chi connectivity index (χ2v) is 7.08. The Hall–Kier alpha value is -2.04. The van der Waals surface area contributed by atoms with Crippen molar-refractivity contribution in [1.29, 1.82) is 0 Å². The van der Waals surface area contributed by atoms with Crippen LogP contribution in [-0.2, 0) is 4.79 Å². The summed E-state index contributed by atoms with van der Waals surface area (Å²) in [5.41, 5.74) is 3.21. The Morgan fingerprint density at radius 1 is 1.25 bits per heavy atom. The van der Waals surface area contributed by atoms with E-state index in [9.17, 15) is 9.59 Å². The van der Waals surface area contributed by atoms with E-state index in [0.29, 0.717) is 19.0 Å². The molecule has 0 aliphatic carbocycles. The molecular formula is C19H29N3O2. The number of piperidine rings is 1. The van der Waals surface area contributed by atoms with Gasteiger partial charge in [-0.1, -0.05) is 19.9 Å². The predicted molar refractivity (Wildman–Crippen MR) is 97.1 cm³/mol. The van der Waals surface area contributed by atoms with Crippen molar-refractivity contribution in [3.8, 4) is 0 Å². The summed E-state index contributed by atoms with van der Waals surface area (Å²) in [5.74, 6) is 0.399. The minimum absolute atomic E-state index is 0.00207. The van der Waals surface area contributed by atoms with Gasteiger partial charge in [0, 0.05) is 31.2 Å². The number of carbonyl (C=O) groups is 2. The number of nitrogens with one attached hydrogen (secondary N) is 2. The standard InChI is InChI=1S/C19H29N3O2/c1-13(2)18(23)20-11-16-6-5-9-22(12-16)19(24)21-17-8-7-14(3)15(4)10-17/h7-8,10,13,16H,5-6,9,11-12H2,1-4H3,(H,20,23)(H,21,24)/t16-/m1/s1. The van der Waals surface area contributed by atoms with Crippen molar-refractivity contribution in [2.24, 2.45) is 11.8 Å². The van der Waals surface area contributed by atoms with Crippen LogP contribution in [0.2, 0.25) is 0 Å². The van der Waals surface area contributed by atoms with Gasteiger partial charge in [0.2, 0.25) is 5.91 Å². The molecule has 2 rings (SSSR count). The first kappa shape index (κ1) is 18.3. The largest absolute Gasteiger partial charge is 0.356 e. The van der Waals surface area contributed by atoms with E-state index in [-0.39, 0.29) is 17.9 Å². The summed E-state index contributed by atoms with van der Waals surface area (Å²) in [6.45, 7) is 9.98. The molecule has 0 radical (unpaired) electrons. The fourth-order valence-corrected chi connectivity index (χ4v) is 2.89. The first-order valence-electron chi connectivity index (χ1n) is 8.77. The number of hydrogen-bond donors (Lipinski definition) is 2. The zero-order chi connectivity index (χ0) is 17.7. The quantitative estimate of drug-likeness (QED) is 0.889. The van der Waals surface area contributed by atoms with E-state index in [4.69, 9.17) is 0 Å². The smallest absolute Gasteiger partial charge is 0.321 e. The Labute approximate surface area is 144 Å². The Kier molecular flexibility index (Phi) is 6.23. The van der Waals surface area contributed by atoms with Crippen molar-refractivity contribution >= 4 is 17.6 Å². The Morgan fingerprint density at radius 2 is 2.00 bits per heavy atom. The average molecular weight is 331 g/mol. The molecule has 1 fully saturated rings. The van der Waals surface area contributed by atoms with E-state index in [2.05, 4.69) is 17.6 Å². The lowest BCUT2D eigenvalue weighted by molar-refractivity contribution is -0.124. The zero-order valence-electron chi connectivity index (χ0n) is 15.2. The van der Waals surface area contributed by atoms with Crippen molar-refractivity contribution in [2.75, 3.05) is 25.0 Å². The van der Waals surface area contributed by atoms with E-state index >= 15 is 0 Å². The lowest BCUT2D eigenvalue weighted by atomic mass is 9.98. The predicted octanol–water partition coefficient (Wildman–Crippen LogP) is 3.32. The number of aryl methyl sites for hydroxylation is 2. The van der Waals surface area contributed by atoms with Crippen LogP contribution < -0.4 is 10.6 Å². The molecule has 1 aliphatic rings. The maximum Gasteiger partial charge on any atom is 0.321 e. The fraction of sp³-hybridized carbons (Fsp3) is 0.579. The number of nitrogens with zero attached hydrogens (tertiary/aromatic N) is 1. The molecule has 1 aromatic carbocycles. The van der Waals surface area contributed by atoms with E-state index < -0.39 is 0 Å². The molecule has 0 spiro atoms. The van der Waals surface area contributed by atoms with Gasteiger partial charge in [0.25, 0.3) is 0 Å². The minimum Gasteiger partial charge on any atom is -0.356 e. The molecule has 0 bridgehead atoms. The molecule has 2 N–H and O–H groups in total.